The highest BCUT2D eigenvalue weighted by Crippen LogP contribution is 2.28. The smallest absolute Gasteiger partial charge is 0.124 e. The van der Waals surface area contributed by atoms with Gasteiger partial charge in [-0.2, -0.15) is 11.3 Å². The first-order valence-corrected chi connectivity index (χ1v) is 8.99. The molecule has 5 heteroatoms. The highest BCUT2D eigenvalue weighted by atomic mass is 32.1. The molecule has 108 valence electrons. The molecule has 0 amide bonds. The molecule has 3 heterocycles. The Labute approximate surface area is 128 Å². The van der Waals surface area contributed by atoms with Crippen molar-refractivity contribution in [2.75, 3.05) is 13.1 Å². The number of aromatic nitrogens is 1. The Morgan fingerprint density at radius 1 is 1.45 bits per heavy atom. The zero-order valence-corrected chi connectivity index (χ0v) is 13.4. The number of nitrogens with two attached hydrogens (primary N) is 1. The Hall–Kier alpha value is -0.750. The van der Waals surface area contributed by atoms with Gasteiger partial charge >= 0.3 is 0 Å². The van der Waals surface area contributed by atoms with Gasteiger partial charge in [-0.1, -0.05) is 6.92 Å². The van der Waals surface area contributed by atoms with E-state index in [9.17, 15) is 0 Å². The fourth-order valence-electron chi connectivity index (χ4n) is 2.86. The molecule has 0 aromatic carbocycles. The first-order chi connectivity index (χ1) is 9.76. The number of thiazole rings is 1. The molecule has 0 saturated carbocycles. The third-order valence-corrected chi connectivity index (χ3v) is 5.68. The average Bonchev–Trinajstić information content (AvgIpc) is 3.11. The van der Waals surface area contributed by atoms with Crippen LogP contribution in [0.2, 0.25) is 0 Å². The van der Waals surface area contributed by atoms with E-state index >= 15 is 0 Å². The quantitative estimate of drug-likeness (QED) is 0.941. The summed E-state index contributed by atoms with van der Waals surface area (Å²) in [7, 11) is 0. The second-order valence-corrected chi connectivity index (χ2v) is 7.28. The van der Waals surface area contributed by atoms with Crippen LogP contribution >= 0.6 is 22.7 Å². The van der Waals surface area contributed by atoms with Gasteiger partial charge in [-0.3, -0.25) is 4.90 Å². The predicted octanol–water partition coefficient (Wildman–Crippen LogP) is 3.43. The molecule has 1 aliphatic rings. The van der Waals surface area contributed by atoms with Crippen LogP contribution in [0, 0.1) is 5.92 Å². The van der Waals surface area contributed by atoms with E-state index in [0.717, 1.165) is 30.6 Å². The molecule has 20 heavy (non-hydrogen) atoms. The lowest BCUT2D eigenvalue weighted by Gasteiger charge is -2.37. The third kappa shape index (κ3) is 3.11. The molecule has 2 atom stereocenters. The Bertz CT molecular complexity index is 535. The molecule has 1 saturated heterocycles. The largest absolute Gasteiger partial charge is 0.329 e. The first kappa shape index (κ1) is 14.2. The number of likely N-dealkylation sites (tertiary alicyclic amines) is 1. The number of nitrogens with zero attached hydrogens (tertiary/aromatic N) is 2. The van der Waals surface area contributed by atoms with E-state index in [1.165, 1.54) is 24.1 Å². The van der Waals surface area contributed by atoms with Gasteiger partial charge in [-0.25, -0.2) is 4.98 Å². The van der Waals surface area contributed by atoms with Gasteiger partial charge < -0.3 is 5.73 Å². The van der Waals surface area contributed by atoms with Gasteiger partial charge in [0.05, 0.1) is 5.69 Å². The van der Waals surface area contributed by atoms with Crippen LogP contribution < -0.4 is 5.73 Å². The lowest BCUT2D eigenvalue weighted by atomic mass is 9.92. The lowest BCUT2D eigenvalue weighted by Crippen LogP contribution is -2.45. The minimum absolute atomic E-state index is 0.519. The van der Waals surface area contributed by atoms with Crippen LogP contribution in [0.15, 0.2) is 22.2 Å². The van der Waals surface area contributed by atoms with Gasteiger partial charge in [-0.15, -0.1) is 11.3 Å². The fraction of sp³-hybridized carbons (Fsp3) is 0.533. The van der Waals surface area contributed by atoms with Crippen molar-refractivity contribution in [3.05, 3.63) is 27.9 Å². The second kappa shape index (κ2) is 6.35. The maximum Gasteiger partial charge on any atom is 0.124 e. The molecule has 0 aliphatic carbocycles. The number of hydrogen-bond donors (Lipinski definition) is 1. The third-order valence-electron chi connectivity index (χ3n) is 4.06. The summed E-state index contributed by atoms with van der Waals surface area (Å²) < 4.78 is 0. The first-order valence-electron chi connectivity index (χ1n) is 7.17. The summed E-state index contributed by atoms with van der Waals surface area (Å²) in [6.45, 7) is 5.17. The maximum absolute atomic E-state index is 5.93. The molecule has 0 radical (unpaired) electrons. The minimum atomic E-state index is 0.519. The van der Waals surface area contributed by atoms with Gasteiger partial charge in [-0.05, 0) is 36.8 Å². The number of piperidine rings is 1. The van der Waals surface area contributed by atoms with Crippen LogP contribution in [0.1, 0.15) is 25.5 Å². The van der Waals surface area contributed by atoms with Crippen molar-refractivity contribution in [1.82, 2.24) is 9.88 Å². The normalized spacial score (nSPS) is 24.1. The summed E-state index contributed by atoms with van der Waals surface area (Å²) in [5, 5.41) is 7.59. The van der Waals surface area contributed by atoms with Crippen molar-refractivity contribution in [3.63, 3.8) is 0 Å². The molecule has 2 aromatic heterocycles. The van der Waals surface area contributed by atoms with Crippen molar-refractivity contribution < 1.29 is 0 Å². The standard InChI is InChI=1S/C15H21N3S2/c1-11-2-4-18(14(6-11)7-16)8-13-10-20-15(17-13)12-3-5-19-9-12/h3,5,9-11,14H,2,4,6-8,16H2,1H3. The molecular formula is C15H21N3S2. The molecule has 2 aromatic rings. The zero-order chi connectivity index (χ0) is 13.9. The Kier molecular flexibility index (Phi) is 4.51. The van der Waals surface area contributed by atoms with Gasteiger partial charge in [0.25, 0.3) is 0 Å². The predicted molar refractivity (Wildman–Crippen MR) is 87.1 cm³/mol. The van der Waals surface area contributed by atoms with E-state index in [4.69, 9.17) is 10.7 Å². The molecule has 0 spiro atoms. The van der Waals surface area contributed by atoms with E-state index in [2.05, 4.69) is 34.0 Å². The van der Waals surface area contributed by atoms with Crippen LogP contribution in [-0.4, -0.2) is 29.0 Å². The maximum atomic E-state index is 5.93. The van der Waals surface area contributed by atoms with Crippen LogP contribution in [0.3, 0.4) is 0 Å². The zero-order valence-electron chi connectivity index (χ0n) is 11.8. The minimum Gasteiger partial charge on any atom is -0.329 e. The lowest BCUT2D eigenvalue weighted by molar-refractivity contribution is 0.114. The van der Waals surface area contributed by atoms with Crippen LogP contribution in [0.25, 0.3) is 10.6 Å². The molecule has 3 nitrogen and oxygen atoms in total. The van der Waals surface area contributed by atoms with Crippen LogP contribution in [-0.2, 0) is 6.54 Å². The average molecular weight is 307 g/mol. The Balaban J connectivity index is 1.68. The molecule has 0 bridgehead atoms. The van der Waals surface area contributed by atoms with Gasteiger partial charge in [0.1, 0.15) is 5.01 Å². The Morgan fingerprint density at radius 2 is 2.35 bits per heavy atom. The summed E-state index contributed by atoms with van der Waals surface area (Å²) in [5.41, 5.74) is 8.36. The topological polar surface area (TPSA) is 42.2 Å². The van der Waals surface area contributed by atoms with Crippen molar-refractivity contribution >= 4 is 22.7 Å². The summed E-state index contributed by atoms with van der Waals surface area (Å²) in [5.74, 6) is 0.802. The summed E-state index contributed by atoms with van der Waals surface area (Å²) in [4.78, 5) is 7.28. The molecule has 2 unspecified atom stereocenters. The van der Waals surface area contributed by atoms with Crippen molar-refractivity contribution in [2.45, 2.75) is 32.4 Å². The van der Waals surface area contributed by atoms with Crippen LogP contribution in [0.5, 0.6) is 0 Å². The number of hydrogen-bond acceptors (Lipinski definition) is 5. The highest BCUT2D eigenvalue weighted by Gasteiger charge is 2.25. The SMILES string of the molecule is CC1CCN(Cc2csc(-c3ccsc3)n2)C(CN)C1. The van der Waals surface area contributed by atoms with Crippen molar-refractivity contribution in [2.24, 2.45) is 11.7 Å². The number of rotatable bonds is 4. The fourth-order valence-corrected chi connectivity index (χ4v) is 4.38. The Morgan fingerprint density at radius 3 is 3.10 bits per heavy atom. The molecule has 3 rings (SSSR count). The van der Waals surface area contributed by atoms with E-state index in [-0.39, 0.29) is 0 Å². The van der Waals surface area contributed by atoms with Gasteiger partial charge in [0.15, 0.2) is 0 Å². The summed E-state index contributed by atoms with van der Waals surface area (Å²) in [6, 6.07) is 2.66. The van der Waals surface area contributed by atoms with E-state index < -0.39 is 0 Å². The van der Waals surface area contributed by atoms with E-state index in [0.29, 0.717) is 6.04 Å². The molecule has 1 aliphatic heterocycles. The van der Waals surface area contributed by atoms with E-state index in [1.807, 2.05) is 0 Å². The molecular weight excluding hydrogens is 286 g/mol. The van der Waals surface area contributed by atoms with Gasteiger partial charge in [0, 0.05) is 35.5 Å². The van der Waals surface area contributed by atoms with Crippen LogP contribution in [0.4, 0.5) is 0 Å². The second-order valence-electron chi connectivity index (χ2n) is 5.65. The van der Waals surface area contributed by atoms with Crippen molar-refractivity contribution in [1.29, 1.82) is 0 Å². The van der Waals surface area contributed by atoms with Gasteiger partial charge in [0.2, 0.25) is 0 Å². The summed E-state index contributed by atoms with van der Waals surface area (Å²) in [6.07, 6.45) is 2.50. The summed E-state index contributed by atoms with van der Waals surface area (Å²) >= 11 is 3.47. The van der Waals surface area contributed by atoms with E-state index in [1.54, 1.807) is 22.7 Å². The molecule has 1 fully saturated rings. The monoisotopic (exact) mass is 307 g/mol. The molecule has 2 N–H and O–H groups in total. The van der Waals surface area contributed by atoms with Crippen molar-refractivity contribution in [3.8, 4) is 10.6 Å². The number of thiophene rings is 1. The highest BCUT2D eigenvalue weighted by molar-refractivity contribution is 7.14.